The number of thiophene rings is 1. The van der Waals surface area contributed by atoms with Crippen molar-refractivity contribution >= 4 is 46.6 Å². The molecule has 1 aromatic heterocycles. The van der Waals surface area contributed by atoms with Crippen LogP contribution in [0.15, 0.2) is 47.9 Å². The summed E-state index contributed by atoms with van der Waals surface area (Å²) in [5, 5.41) is 7.10. The zero-order chi connectivity index (χ0) is 17.4. The number of benzene rings is 1. The normalized spacial score (nSPS) is 10.4. The zero-order valence-corrected chi connectivity index (χ0v) is 13.8. The summed E-state index contributed by atoms with van der Waals surface area (Å²) in [4.78, 5) is 35.3. The molecule has 2 aromatic rings. The summed E-state index contributed by atoms with van der Waals surface area (Å²) in [5.41, 5.74) is 1.06. The second-order valence-corrected chi connectivity index (χ2v) is 5.75. The largest absolute Gasteiger partial charge is 0.452 e. The number of anilines is 2. The van der Waals surface area contributed by atoms with Gasteiger partial charge in [-0.15, -0.1) is 11.3 Å². The van der Waals surface area contributed by atoms with Crippen LogP contribution in [0.25, 0.3) is 6.08 Å². The number of hydrogen-bond acceptors (Lipinski definition) is 5. The van der Waals surface area contributed by atoms with E-state index < -0.39 is 18.5 Å². The Bertz CT molecular complexity index is 754. The molecule has 0 aliphatic carbocycles. The van der Waals surface area contributed by atoms with Crippen molar-refractivity contribution < 1.29 is 19.1 Å². The zero-order valence-electron chi connectivity index (χ0n) is 12.9. The highest BCUT2D eigenvalue weighted by molar-refractivity contribution is 7.10. The molecule has 6 nitrogen and oxygen atoms in total. The summed E-state index contributed by atoms with van der Waals surface area (Å²) < 4.78 is 4.87. The molecular weight excluding hydrogens is 328 g/mol. The van der Waals surface area contributed by atoms with Crippen molar-refractivity contribution in [3.8, 4) is 0 Å². The van der Waals surface area contributed by atoms with Gasteiger partial charge in [0.15, 0.2) is 6.61 Å². The van der Waals surface area contributed by atoms with Crippen molar-refractivity contribution in [1.29, 1.82) is 0 Å². The van der Waals surface area contributed by atoms with E-state index in [4.69, 9.17) is 4.74 Å². The lowest BCUT2D eigenvalue weighted by Crippen LogP contribution is -2.20. The molecule has 7 heteroatoms. The second kappa shape index (κ2) is 8.64. The molecule has 0 unspecified atom stereocenters. The molecule has 2 N–H and O–H groups in total. The van der Waals surface area contributed by atoms with Crippen LogP contribution in [0.1, 0.15) is 11.8 Å². The van der Waals surface area contributed by atoms with E-state index in [0.29, 0.717) is 11.4 Å². The molecule has 0 atom stereocenters. The molecule has 0 fully saturated rings. The summed E-state index contributed by atoms with van der Waals surface area (Å²) in [6, 6.07) is 10.4. The molecule has 1 heterocycles. The van der Waals surface area contributed by atoms with Crippen molar-refractivity contribution in [1.82, 2.24) is 0 Å². The van der Waals surface area contributed by atoms with E-state index >= 15 is 0 Å². The van der Waals surface area contributed by atoms with Crippen LogP contribution in [-0.4, -0.2) is 24.4 Å². The number of rotatable bonds is 6. The van der Waals surface area contributed by atoms with E-state index in [1.54, 1.807) is 30.3 Å². The average molecular weight is 344 g/mol. The monoisotopic (exact) mass is 344 g/mol. The fourth-order valence-corrected chi connectivity index (χ4v) is 2.41. The summed E-state index contributed by atoms with van der Waals surface area (Å²) in [6.45, 7) is 1.01. The SMILES string of the molecule is CC(=O)Nc1cccc(NC(=O)COC(=O)/C=C/c2cccs2)c1. The van der Waals surface area contributed by atoms with Crippen molar-refractivity contribution in [2.45, 2.75) is 6.92 Å². The lowest BCUT2D eigenvalue weighted by molar-refractivity contribution is -0.142. The quantitative estimate of drug-likeness (QED) is 0.623. The van der Waals surface area contributed by atoms with Gasteiger partial charge in [-0.25, -0.2) is 4.79 Å². The van der Waals surface area contributed by atoms with Gasteiger partial charge in [0, 0.05) is 29.3 Å². The summed E-state index contributed by atoms with van der Waals surface area (Å²) in [7, 11) is 0. The van der Waals surface area contributed by atoms with E-state index in [1.807, 2.05) is 17.5 Å². The molecule has 2 amide bonds. The number of nitrogens with one attached hydrogen (secondary N) is 2. The minimum Gasteiger partial charge on any atom is -0.452 e. The van der Waals surface area contributed by atoms with Crippen molar-refractivity contribution in [3.05, 3.63) is 52.7 Å². The molecule has 0 saturated carbocycles. The summed E-state index contributed by atoms with van der Waals surface area (Å²) in [6.07, 6.45) is 2.90. The fourth-order valence-electron chi connectivity index (χ4n) is 1.80. The third-order valence-electron chi connectivity index (χ3n) is 2.74. The lowest BCUT2D eigenvalue weighted by atomic mass is 10.2. The predicted molar refractivity (Wildman–Crippen MR) is 93.7 cm³/mol. The van der Waals surface area contributed by atoms with Gasteiger partial charge in [-0.2, -0.15) is 0 Å². The number of carbonyl (C=O) groups is 3. The Hall–Kier alpha value is -2.93. The Morgan fingerprint density at radius 3 is 2.54 bits per heavy atom. The van der Waals surface area contributed by atoms with Crippen LogP contribution < -0.4 is 10.6 Å². The Kier molecular flexibility index (Phi) is 6.27. The maximum Gasteiger partial charge on any atom is 0.331 e. The number of esters is 1. The fraction of sp³-hybridized carbons (Fsp3) is 0.118. The van der Waals surface area contributed by atoms with E-state index in [9.17, 15) is 14.4 Å². The van der Waals surface area contributed by atoms with Crippen LogP contribution in [0.2, 0.25) is 0 Å². The molecule has 0 aliphatic heterocycles. The van der Waals surface area contributed by atoms with Crippen LogP contribution in [-0.2, 0) is 19.1 Å². The molecule has 0 aliphatic rings. The van der Waals surface area contributed by atoms with Gasteiger partial charge >= 0.3 is 5.97 Å². The molecule has 2 rings (SSSR count). The molecule has 0 bridgehead atoms. The Balaban J connectivity index is 1.80. The van der Waals surface area contributed by atoms with Gasteiger partial charge in [-0.1, -0.05) is 12.1 Å². The number of carbonyl (C=O) groups excluding carboxylic acids is 3. The maximum atomic E-state index is 11.8. The number of amides is 2. The summed E-state index contributed by atoms with van der Waals surface area (Å²) >= 11 is 1.49. The molecule has 124 valence electrons. The molecule has 0 saturated heterocycles. The number of ether oxygens (including phenoxy) is 1. The van der Waals surface area contributed by atoms with Gasteiger partial charge in [0.2, 0.25) is 5.91 Å². The lowest BCUT2D eigenvalue weighted by Gasteiger charge is -2.07. The van der Waals surface area contributed by atoms with Crippen LogP contribution >= 0.6 is 11.3 Å². The summed E-state index contributed by atoms with van der Waals surface area (Å²) in [5.74, 6) is -1.26. The molecular formula is C17H16N2O4S. The predicted octanol–water partition coefficient (Wildman–Crippen LogP) is 2.90. The van der Waals surface area contributed by atoms with Gasteiger partial charge in [0.1, 0.15) is 0 Å². The third kappa shape index (κ3) is 6.05. The molecule has 24 heavy (non-hydrogen) atoms. The van der Waals surface area contributed by atoms with Crippen LogP contribution in [0, 0.1) is 0 Å². The first-order chi connectivity index (χ1) is 11.5. The molecule has 0 radical (unpaired) electrons. The maximum absolute atomic E-state index is 11.8. The Labute approximate surface area is 143 Å². The highest BCUT2D eigenvalue weighted by Crippen LogP contribution is 2.15. The van der Waals surface area contributed by atoms with E-state index in [-0.39, 0.29) is 5.91 Å². The minimum absolute atomic E-state index is 0.204. The third-order valence-corrected chi connectivity index (χ3v) is 3.58. The first-order valence-electron chi connectivity index (χ1n) is 7.09. The highest BCUT2D eigenvalue weighted by Gasteiger charge is 2.06. The first kappa shape index (κ1) is 17.4. The van der Waals surface area contributed by atoms with Gasteiger partial charge in [0.05, 0.1) is 0 Å². The topological polar surface area (TPSA) is 84.5 Å². The van der Waals surface area contributed by atoms with E-state index in [1.165, 1.54) is 24.3 Å². The Morgan fingerprint density at radius 1 is 1.12 bits per heavy atom. The first-order valence-corrected chi connectivity index (χ1v) is 7.97. The van der Waals surface area contributed by atoms with Crippen LogP contribution in [0.4, 0.5) is 11.4 Å². The second-order valence-electron chi connectivity index (χ2n) is 4.77. The molecule has 1 aromatic carbocycles. The van der Waals surface area contributed by atoms with E-state index in [2.05, 4.69) is 10.6 Å². The van der Waals surface area contributed by atoms with Gasteiger partial charge in [0.25, 0.3) is 5.91 Å². The standard InChI is InChI=1S/C17H16N2O4S/c1-12(20)18-13-4-2-5-14(10-13)19-16(21)11-23-17(22)8-7-15-6-3-9-24-15/h2-10H,11H2,1H3,(H,18,20)(H,19,21)/b8-7+. The van der Waals surface area contributed by atoms with Gasteiger partial charge < -0.3 is 15.4 Å². The smallest absolute Gasteiger partial charge is 0.331 e. The van der Waals surface area contributed by atoms with Crippen molar-refractivity contribution in [3.63, 3.8) is 0 Å². The minimum atomic E-state index is -0.592. The Morgan fingerprint density at radius 2 is 1.88 bits per heavy atom. The van der Waals surface area contributed by atoms with Crippen molar-refractivity contribution in [2.24, 2.45) is 0 Å². The van der Waals surface area contributed by atoms with Crippen molar-refractivity contribution in [2.75, 3.05) is 17.2 Å². The molecule has 0 spiro atoms. The van der Waals surface area contributed by atoms with Crippen LogP contribution in [0.3, 0.4) is 0 Å². The van der Waals surface area contributed by atoms with E-state index in [0.717, 1.165) is 4.88 Å². The highest BCUT2D eigenvalue weighted by atomic mass is 32.1. The van der Waals surface area contributed by atoms with Crippen LogP contribution in [0.5, 0.6) is 0 Å². The van der Waals surface area contributed by atoms with Gasteiger partial charge in [-0.05, 0) is 35.7 Å². The average Bonchev–Trinajstić information content (AvgIpc) is 3.04. The van der Waals surface area contributed by atoms with Gasteiger partial charge in [-0.3, -0.25) is 9.59 Å². The number of hydrogen-bond donors (Lipinski definition) is 2.